The van der Waals surface area contributed by atoms with Crippen LogP contribution in [0.4, 0.5) is 0 Å². The Morgan fingerprint density at radius 3 is 2.53 bits per heavy atom. The summed E-state index contributed by atoms with van der Waals surface area (Å²) >= 11 is 0. The van der Waals surface area contributed by atoms with Crippen LogP contribution in [0.5, 0.6) is 0 Å². The van der Waals surface area contributed by atoms with Crippen LogP contribution in [0.3, 0.4) is 0 Å². The van der Waals surface area contributed by atoms with Gasteiger partial charge >= 0.3 is 0 Å². The lowest BCUT2D eigenvalue weighted by Gasteiger charge is -2.31. The summed E-state index contributed by atoms with van der Waals surface area (Å²) < 4.78 is 0. The minimum atomic E-state index is -0.512. The molecule has 1 aromatic rings. The van der Waals surface area contributed by atoms with Crippen LogP contribution in [0.2, 0.25) is 0 Å². The number of imide groups is 1. The molecule has 0 saturated heterocycles. The van der Waals surface area contributed by atoms with E-state index in [-0.39, 0.29) is 11.8 Å². The monoisotopic (exact) mass is 231 g/mol. The van der Waals surface area contributed by atoms with Crippen LogP contribution in [0.25, 0.3) is 0 Å². The summed E-state index contributed by atoms with van der Waals surface area (Å²) in [6.07, 6.45) is 0.754. The molecule has 0 aliphatic carbocycles. The van der Waals surface area contributed by atoms with Crippen molar-refractivity contribution in [2.45, 2.75) is 27.2 Å². The predicted molar refractivity (Wildman–Crippen MR) is 65.6 cm³/mol. The van der Waals surface area contributed by atoms with Crippen molar-refractivity contribution in [3.8, 4) is 0 Å². The minimum Gasteiger partial charge on any atom is -0.278 e. The second-order valence-corrected chi connectivity index (χ2v) is 5.42. The van der Waals surface area contributed by atoms with Crippen LogP contribution in [0, 0.1) is 5.41 Å². The van der Waals surface area contributed by atoms with Crippen LogP contribution in [0.1, 0.15) is 36.7 Å². The number of carbonyl (C=O) groups excluding carboxylic acids is 2. The molecule has 1 aromatic carbocycles. The third-order valence-corrected chi connectivity index (χ3v) is 2.98. The number of benzene rings is 1. The van der Waals surface area contributed by atoms with Gasteiger partial charge in [0.2, 0.25) is 5.91 Å². The molecule has 0 atom stereocenters. The number of nitrogens with zero attached hydrogens (tertiary/aromatic N) is 1. The smallest absolute Gasteiger partial charge is 0.260 e. The second kappa shape index (κ2) is 3.99. The Hall–Kier alpha value is -1.64. The van der Waals surface area contributed by atoms with Gasteiger partial charge in [0.1, 0.15) is 0 Å². The van der Waals surface area contributed by atoms with Gasteiger partial charge in [0.05, 0.1) is 0 Å². The highest BCUT2D eigenvalue weighted by molar-refractivity contribution is 6.07. The van der Waals surface area contributed by atoms with E-state index in [1.165, 1.54) is 4.90 Å². The van der Waals surface area contributed by atoms with Gasteiger partial charge in [0, 0.05) is 17.5 Å². The summed E-state index contributed by atoms with van der Waals surface area (Å²) in [5, 5.41) is 0. The number of carbonyl (C=O) groups is 2. The molecule has 3 heteroatoms. The molecule has 0 radical (unpaired) electrons. The third-order valence-electron chi connectivity index (χ3n) is 2.98. The number of rotatable bonds is 0. The zero-order chi connectivity index (χ0) is 12.6. The average Bonchev–Trinajstić information content (AvgIpc) is 2.28. The average molecular weight is 231 g/mol. The Morgan fingerprint density at radius 2 is 1.88 bits per heavy atom. The van der Waals surface area contributed by atoms with Crippen LogP contribution in [0.15, 0.2) is 24.3 Å². The highest BCUT2D eigenvalue weighted by atomic mass is 16.2. The molecular weight excluding hydrogens is 214 g/mol. The third kappa shape index (κ3) is 2.09. The van der Waals surface area contributed by atoms with Crippen molar-refractivity contribution < 1.29 is 9.59 Å². The molecule has 0 saturated carbocycles. The van der Waals surface area contributed by atoms with Gasteiger partial charge in [-0.2, -0.15) is 0 Å². The maximum Gasteiger partial charge on any atom is 0.260 e. The van der Waals surface area contributed by atoms with Gasteiger partial charge in [-0.25, -0.2) is 0 Å². The zero-order valence-corrected chi connectivity index (χ0v) is 10.5. The molecule has 0 N–H and O–H groups in total. The van der Waals surface area contributed by atoms with E-state index in [0.717, 1.165) is 12.0 Å². The summed E-state index contributed by atoms with van der Waals surface area (Å²) in [6, 6.07) is 7.50. The van der Waals surface area contributed by atoms with Gasteiger partial charge in [0.15, 0.2) is 0 Å². The molecule has 0 aromatic heterocycles. The Kier molecular flexibility index (Phi) is 2.77. The molecular formula is C14H17NO2. The molecule has 17 heavy (non-hydrogen) atoms. The summed E-state index contributed by atoms with van der Waals surface area (Å²) in [5.74, 6) is -0.260. The van der Waals surface area contributed by atoms with Gasteiger partial charge in [-0.15, -0.1) is 0 Å². The first kappa shape index (κ1) is 11.8. The van der Waals surface area contributed by atoms with E-state index in [9.17, 15) is 9.59 Å². The fourth-order valence-corrected chi connectivity index (χ4v) is 2.02. The molecule has 0 spiro atoms. The highest BCUT2D eigenvalue weighted by Crippen LogP contribution is 2.24. The topological polar surface area (TPSA) is 37.4 Å². The lowest BCUT2D eigenvalue weighted by Crippen LogP contribution is -2.47. The Morgan fingerprint density at radius 1 is 1.24 bits per heavy atom. The Balaban J connectivity index is 2.33. The molecule has 1 aliphatic rings. The molecule has 90 valence electrons. The summed E-state index contributed by atoms with van der Waals surface area (Å²) in [7, 11) is 0. The summed E-state index contributed by atoms with van der Waals surface area (Å²) in [6.45, 7) is 6.00. The van der Waals surface area contributed by atoms with Crippen molar-refractivity contribution in [1.82, 2.24) is 4.90 Å². The molecule has 0 fully saturated rings. The van der Waals surface area contributed by atoms with Crippen molar-refractivity contribution in [3.63, 3.8) is 0 Å². The standard InChI is InChI=1S/C14H17NO2/c1-14(2,3)13(17)15-9-8-10-6-4-5-7-11(10)12(15)16/h4-7H,8-9H2,1-3H3. The fraction of sp³-hybridized carbons (Fsp3) is 0.429. The molecule has 1 aliphatic heterocycles. The van der Waals surface area contributed by atoms with E-state index in [4.69, 9.17) is 0 Å². The van der Waals surface area contributed by atoms with Crippen molar-refractivity contribution in [1.29, 1.82) is 0 Å². The second-order valence-electron chi connectivity index (χ2n) is 5.42. The zero-order valence-electron chi connectivity index (χ0n) is 10.5. The van der Waals surface area contributed by atoms with Crippen LogP contribution in [-0.2, 0) is 11.2 Å². The van der Waals surface area contributed by atoms with E-state index in [2.05, 4.69) is 0 Å². The van der Waals surface area contributed by atoms with Gasteiger partial charge < -0.3 is 0 Å². The van der Waals surface area contributed by atoms with Gasteiger partial charge in [-0.1, -0.05) is 39.0 Å². The van der Waals surface area contributed by atoms with E-state index in [1.807, 2.05) is 39.0 Å². The van der Waals surface area contributed by atoms with Crippen LogP contribution in [-0.4, -0.2) is 23.3 Å². The largest absolute Gasteiger partial charge is 0.278 e. The van der Waals surface area contributed by atoms with E-state index >= 15 is 0 Å². The Bertz CT molecular complexity index is 471. The Labute approximate surface area is 101 Å². The SMILES string of the molecule is CC(C)(C)C(=O)N1CCc2ccccc2C1=O. The number of amides is 2. The van der Waals surface area contributed by atoms with Gasteiger partial charge in [-0.05, 0) is 18.1 Å². The van der Waals surface area contributed by atoms with Crippen molar-refractivity contribution in [3.05, 3.63) is 35.4 Å². The number of hydrogen-bond donors (Lipinski definition) is 0. The first-order chi connectivity index (χ1) is 7.91. The summed E-state index contributed by atoms with van der Waals surface area (Å²) in [4.78, 5) is 25.7. The molecule has 2 rings (SSSR count). The lowest BCUT2D eigenvalue weighted by atomic mass is 9.92. The van der Waals surface area contributed by atoms with Crippen molar-refractivity contribution in [2.24, 2.45) is 5.41 Å². The molecule has 0 unspecified atom stereocenters. The van der Waals surface area contributed by atoms with Crippen molar-refractivity contribution >= 4 is 11.8 Å². The van der Waals surface area contributed by atoms with E-state index in [1.54, 1.807) is 6.07 Å². The minimum absolute atomic E-state index is 0.1000. The lowest BCUT2D eigenvalue weighted by molar-refractivity contribution is -0.136. The highest BCUT2D eigenvalue weighted by Gasteiger charge is 2.34. The van der Waals surface area contributed by atoms with Crippen molar-refractivity contribution in [2.75, 3.05) is 6.54 Å². The van der Waals surface area contributed by atoms with Crippen LogP contribution < -0.4 is 0 Å². The maximum atomic E-state index is 12.2. The quantitative estimate of drug-likeness (QED) is 0.686. The maximum absolute atomic E-state index is 12.2. The van der Waals surface area contributed by atoms with Gasteiger partial charge in [-0.3, -0.25) is 14.5 Å². The molecule has 3 nitrogen and oxygen atoms in total. The summed E-state index contributed by atoms with van der Waals surface area (Å²) in [5.41, 5.74) is 1.19. The fourth-order valence-electron chi connectivity index (χ4n) is 2.02. The predicted octanol–water partition coefficient (Wildman–Crippen LogP) is 2.26. The number of hydrogen-bond acceptors (Lipinski definition) is 2. The molecule has 0 bridgehead atoms. The van der Waals surface area contributed by atoms with E-state index in [0.29, 0.717) is 12.1 Å². The van der Waals surface area contributed by atoms with Gasteiger partial charge in [0.25, 0.3) is 5.91 Å². The normalized spacial score (nSPS) is 15.7. The molecule has 1 heterocycles. The van der Waals surface area contributed by atoms with Crippen LogP contribution >= 0.6 is 0 Å². The first-order valence-corrected chi connectivity index (χ1v) is 5.85. The molecule has 2 amide bonds. The van der Waals surface area contributed by atoms with E-state index < -0.39 is 5.41 Å². The first-order valence-electron chi connectivity index (χ1n) is 5.85. The number of fused-ring (bicyclic) bond motifs is 1.